The summed E-state index contributed by atoms with van der Waals surface area (Å²) in [6.07, 6.45) is 10.0. The topological polar surface area (TPSA) is 96.4 Å². The van der Waals surface area contributed by atoms with Crippen LogP contribution in [0.5, 0.6) is 0 Å². The Morgan fingerprint density at radius 1 is 1.16 bits per heavy atom. The average Bonchev–Trinajstić information content (AvgIpc) is 3.45. The van der Waals surface area contributed by atoms with Gasteiger partial charge in [0.15, 0.2) is 0 Å². The number of halogens is 1. The van der Waals surface area contributed by atoms with E-state index in [-0.39, 0.29) is 29.2 Å². The van der Waals surface area contributed by atoms with Gasteiger partial charge in [-0.05, 0) is 75.6 Å². The van der Waals surface area contributed by atoms with Crippen molar-refractivity contribution in [1.29, 1.82) is 5.26 Å². The highest BCUT2D eigenvalue weighted by atomic mass is 35.5. The van der Waals surface area contributed by atoms with Crippen molar-refractivity contribution < 1.29 is 4.84 Å². The molecule has 0 N–H and O–H groups in total. The molecule has 0 spiro atoms. The van der Waals surface area contributed by atoms with Gasteiger partial charge in [0, 0.05) is 32.3 Å². The Morgan fingerprint density at radius 3 is 2.59 bits per heavy atom. The smallest absolute Gasteiger partial charge is 0.270 e. The van der Waals surface area contributed by atoms with Crippen molar-refractivity contribution in [3.63, 3.8) is 0 Å². The van der Waals surface area contributed by atoms with Crippen LogP contribution < -0.4 is 10.5 Å². The molecule has 2 aliphatic carbocycles. The van der Waals surface area contributed by atoms with E-state index < -0.39 is 0 Å². The van der Waals surface area contributed by atoms with Crippen LogP contribution in [0.15, 0.2) is 46.5 Å². The van der Waals surface area contributed by atoms with Gasteiger partial charge in [-0.25, -0.2) is 4.98 Å². The summed E-state index contributed by atoms with van der Waals surface area (Å²) >= 11 is 6.23. The molecule has 0 atom stereocenters. The van der Waals surface area contributed by atoms with Crippen molar-refractivity contribution in [2.45, 2.75) is 63.5 Å². The lowest BCUT2D eigenvalue weighted by molar-refractivity contribution is 0.0630. The van der Waals surface area contributed by atoms with Crippen molar-refractivity contribution in [3.8, 4) is 6.07 Å². The zero-order valence-corrected chi connectivity index (χ0v) is 22.0. The monoisotopic (exact) mass is 518 g/mol. The molecule has 0 amide bonds. The third-order valence-corrected chi connectivity index (χ3v) is 8.02. The fraction of sp³-hybridized carbons (Fsp3) is 0.464. The first-order valence-electron chi connectivity index (χ1n) is 12.9. The number of aromatic nitrogens is 3. The van der Waals surface area contributed by atoms with Gasteiger partial charge in [0.2, 0.25) is 0 Å². The number of hydrogen-bond acceptors (Lipinski definition) is 7. The Bertz CT molecular complexity index is 1400. The summed E-state index contributed by atoms with van der Waals surface area (Å²) in [5.74, 6) is 0.226. The van der Waals surface area contributed by atoms with E-state index in [1.165, 1.54) is 17.4 Å². The maximum atomic E-state index is 13.0. The Morgan fingerprint density at radius 2 is 1.92 bits per heavy atom. The number of hydrogen-bond donors (Lipinski definition) is 0. The largest absolute Gasteiger partial charge is 0.392 e. The molecule has 3 heterocycles. The molecular formula is C28H31ClN6O2. The molecular weight excluding hydrogens is 488 g/mol. The third kappa shape index (κ3) is 5.05. The van der Waals surface area contributed by atoms with Gasteiger partial charge >= 0.3 is 0 Å². The number of oxime groups is 1. The van der Waals surface area contributed by atoms with E-state index in [0.29, 0.717) is 21.9 Å². The second kappa shape index (κ2) is 10.9. The molecule has 0 aliphatic heterocycles. The van der Waals surface area contributed by atoms with Crippen LogP contribution in [0.3, 0.4) is 0 Å². The molecule has 0 bridgehead atoms. The van der Waals surface area contributed by atoms with Crippen molar-refractivity contribution in [1.82, 2.24) is 14.5 Å². The van der Waals surface area contributed by atoms with E-state index in [0.717, 1.165) is 49.9 Å². The fourth-order valence-electron chi connectivity index (χ4n) is 5.70. The Balaban J connectivity index is 1.41. The fourth-order valence-corrected chi connectivity index (χ4v) is 5.85. The second-order valence-electron chi connectivity index (χ2n) is 10.0. The van der Waals surface area contributed by atoms with Crippen molar-refractivity contribution in [2.24, 2.45) is 18.1 Å². The second-order valence-corrected chi connectivity index (χ2v) is 10.4. The van der Waals surface area contributed by atoms with E-state index in [4.69, 9.17) is 16.4 Å². The number of fused-ring (bicyclic) bond motifs is 1. The highest BCUT2D eigenvalue weighted by Crippen LogP contribution is 2.35. The maximum Gasteiger partial charge on any atom is 0.270 e. The van der Waals surface area contributed by atoms with Crippen molar-refractivity contribution in [2.75, 3.05) is 11.9 Å². The van der Waals surface area contributed by atoms with Gasteiger partial charge < -0.3 is 14.3 Å². The summed E-state index contributed by atoms with van der Waals surface area (Å²) in [6, 6.07) is 11.6. The molecule has 8 nitrogen and oxygen atoms in total. The number of nitriles is 1. The minimum atomic E-state index is -0.330. The van der Waals surface area contributed by atoms with E-state index in [2.05, 4.69) is 26.1 Å². The molecule has 9 heteroatoms. The number of aryl methyl sites for hydroxylation is 1. The number of rotatable bonds is 6. The van der Waals surface area contributed by atoms with E-state index in [1.54, 1.807) is 25.4 Å². The molecule has 2 fully saturated rings. The highest BCUT2D eigenvalue weighted by Gasteiger charge is 2.32. The van der Waals surface area contributed by atoms with Gasteiger partial charge in [0.1, 0.15) is 34.1 Å². The summed E-state index contributed by atoms with van der Waals surface area (Å²) in [5.41, 5.74) is 3.31. The summed E-state index contributed by atoms with van der Waals surface area (Å²) in [5, 5.41) is 14.9. The summed E-state index contributed by atoms with van der Waals surface area (Å²) < 4.78 is 1.46. The van der Waals surface area contributed by atoms with Crippen LogP contribution in [-0.4, -0.2) is 39.4 Å². The van der Waals surface area contributed by atoms with Gasteiger partial charge in [0.05, 0.1) is 16.9 Å². The van der Waals surface area contributed by atoms with Crippen molar-refractivity contribution in [3.05, 3.63) is 63.3 Å². The summed E-state index contributed by atoms with van der Waals surface area (Å²) in [4.78, 5) is 30.1. The Labute approximate surface area is 221 Å². The third-order valence-electron chi connectivity index (χ3n) is 7.81. The van der Waals surface area contributed by atoms with Crippen LogP contribution in [0.1, 0.15) is 62.6 Å². The normalized spacial score (nSPS) is 20.6. The summed E-state index contributed by atoms with van der Waals surface area (Å²) in [6.45, 7) is 0. The van der Waals surface area contributed by atoms with Crippen molar-refractivity contribution >= 4 is 34.0 Å². The molecule has 0 aromatic carbocycles. The van der Waals surface area contributed by atoms with E-state index >= 15 is 0 Å². The maximum absolute atomic E-state index is 13.0. The lowest BCUT2D eigenvalue weighted by Crippen LogP contribution is -2.39. The Kier molecular flexibility index (Phi) is 7.43. The van der Waals surface area contributed by atoms with Crippen LogP contribution in [0, 0.1) is 17.2 Å². The van der Waals surface area contributed by atoms with E-state index in [1.807, 2.05) is 25.2 Å². The lowest BCUT2D eigenvalue weighted by Gasteiger charge is -2.36. The summed E-state index contributed by atoms with van der Waals surface area (Å²) in [7, 11) is 3.60. The number of anilines is 1. The van der Waals surface area contributed by atoms with Gasteiger partial charge in [0.25, 0.3) is 5.56 Å². The molecule has 3 aromatic heterocycles. The lowest BCUT2D eigenvalue weighted by atomic mass is 9.81. The first-order valence-corrected chi connectivity index (χ1v) is 13.3. The molecule has 5 rings (SSSR count). The van der Waals surface area contributed by atoms with Gasteiger partial charge in [-0.15, -0.1) is 0 Å². The molecule has 0 saturated heterocycles. The quantitative estimate of drug-likeness (QED) is 0.252. The van der Waals surface area contributed by atoms with Crippen LogP contribution in [-0.2, 0) is 11.9 Å². The van der Waals surface area contributed by atoms with Gasteiger partial charge in [-0.2, -0.15) is 5.26 Å². The Hall–Kier alpha value is -3.44. The molecule has 2 saturated carbocycles. The molecule has 37 heavy (non-hydrogen) atoms. The number of pyridine rings is 3. The predicted octanol–water partition coefficient (Wildman–Crippen LogP) is 5.21. The minimum absolute atomic E-state index is 0.0927. The average molecular weight is 519 g/mol. The van der Waals surface area contributed by atoms with Crippen LogP contribution in [0.2, 0.25) is 5.15 Å². The SMILES string of the molecule is CN(c1c(C#N)c(=O)n(C)c2ccc(Cl)nc12)C1CCC(/C(=N/OC2CCCC2)c2ccccn2)CC1. The van der Waals surface area contributed by atoms with Gasteiger partial charge in [-0.1, -0.05) is 22.8 Å². The molecule has 0 unspecified atom stereocenters. The first kappa shape index (κ1) is 25.2. The first-order chi connectivity index (χ1) is 18.0. The standard InChI is InChI=1S/C28H31ClN6O2/c1-34(27-21(17-30)28(36)35(2)23-14-15-24(29)32-26(23)27)19-12-10-18(11-13-19)25(22-9-5-6-16-31-22)33-37-20-7-3-4-8-20/h5-6,9,14-16,18-20H,3-4,7-8,10-13H2,1-2H3/b33-25-. The highest BCUT2D eigenvalue weighted by molar-refractivity contribution is 6.29. The minimum Gasteiger partial charge on any atom is -0.392 e. The van der Waals surface area contributed by atoms with E-state index in [9.17, 15) is 10.1 Å². The molecule has 192 valence electrons. The zero-order chi connectivity index (χ0) is 25.9. The molecule has 2 aliphatic rings. The van der Waals surface area contributed by atoms with Gasteiger partial charge in [-0.3, -0.25) is 9.78 Å². The van der Waals surface area contributed by atoms with Crippen LogP contribution >= 0.6 is 11.6 Å². The zero-order valence-electron chi connectivity index (χ0n) is 21.2. The predicted molar refractivity (Wildman–Crippen MR) is 145 cm³/mol. The molecule has 3 aromatic rings. The number of nitrogens with zero attached hydrogens (tertiary/aromatic N) is 6. The van der Waals surface area contributed by atoms with Crippen LogP contribution in [0.4, 0.5) is 5.69 Å². The molecule has 0 radical (unpaired) electrons. The van der Waals surface area contributed by atoms with Crippen LogP contribution in [0.25, 0.3) is 11.0 Å².